The molecule has 19 heavy (non-hydrogen) atoms. The Kier molecular flexibility index (Phi) is 3.77. The lowest BCUT2D eigenvalue weighted by Gasteiger charge is -2.32. The minimum atomic E-state index is 0.193. The zero-order valence-corrected chi connectivity index (χ0v) is 11.4. The van der Waals surface area contributed by atoms with Crippen LogP contribution in [0.5, 0.6) is 0 Å². The Morgan fingerprint density at radius 2 is 2.47 bits per heavy atom. The van der Waals surface area contributed by atoms with E-state index in [1.807, 2.05) is 23.1 Å². The molecule has 0 amide bonds. The van der Waals surface area contributed by atoms with Crippen molar-refractivity contribution < 1.29 is 4.74 Å². The number of anilines is 1. The summed E-state index contributed by atoms with van der Waals surface area (Å²) >= 11 is 1.55. The molecule has 102 valence electrons. The van der Waals surface area contributed by atoms with Gasteiger partial charge in [0.05, 0.1) is 19.3 Å². The molecular formula is C12H17N5OS. The van der Waals surface area contributed by atoms with E-state index in [1.165, 1.54) is 4.88 Å². The third-order valence-electron chi connectivity index (χ3n) is 3.12. The molecule has 2 aromatic heterocycles. The maximum atomic E-state index is 5.79. The van der Waals surface area contributed by atoms with Gasteiger partial charge in [-0.2, -0.15) is 5.10 Å². The Bertz CT molecular complexity index is 512. The average Bonchev–Trinajstić information content (AvgIpc) is 3.02. The number of hydrogen-bond donors (Lipinski definition) is 1. The Hall–Kier alpha value is -1.44. The van der Waals surface area contributed by atoms with Crippen LogP contribution >= 0.6 is 11.3 Å². The van der Waals surface area contributed by atoms with Gasteiger partial charge in [0.2, 0.25) is 0 Å². The van der Waals surface area contributed by atoms with Crippen LogP contribution in [0.25, 0.3) is 0 Å². The van der Waals surface area contributed by atoms with E-state index in [0.717, 1.165) is 32.8 Å². The molecule has 0 radical (unpaired) electrons. The molecule has 1 aliphatic rings. The number of aromatic nitrogens is 3. The van der Waals surface area contributed by atoms with Crippen molar-refractivity contribution in [2.24, 2.45) is 0 Å². The number of nitrogens with zero attached hydrogens (tertiary/aromatic N) is 4. The number of hydrogen-bond acceptors (Lipinski definition) is 6. The highest BCUT2D eigenvalue weighted by Crippen LogP contribution is 2.18. The van der Waals surface area contributed by atoms with Crippen LogP contribution in [0, 0.1) is 0 Å². The summed E-state index contributed by atoms with van der Waals surface area (Å²) in [6.07, 6.45) is 5.81. The van der Waals surface area contributed by atoms with Crippen LogP contribution in [-0.2, 0) is 17.8 Å². The van der Waals surface area contributed by atoms with Crippen LogP contribution in [0.15, 0.2) is 24.7 Å². The molecule has 6 nitrogen and oxygen atoms in total. The molecule has 2 aromatic rings. The number of ether oxygens (including phenoxy) is 1. The van der Waals surface area contributed by atoms with Crippen molar-refractivity contribution in [1.29, 1.82) is 0 Å². The Morgan fingerprint density at radius 1 is 1.53 bits per heavy atom. The lowest BCUT2D eigenvalue weighted by atomic mass is 10.2. The first-order chi connectivity index (χ1) is 9.29. The minimum Gasteiger partial charge on any atom is -0.375 e. The summed E-state index contributed by atoms with van der Waals surface area (Å²) in [6.45, 7) is 4.33. The molecule has 3 rings (SSSR count). The summed E-state index contributed by atoms with van der Waals surface area (Å²) in [4.78, 5) is 7.67. The molecular weight excluding hydrogens is 262 g/mol. The highest BCUT2D eigenvalue weighted by atomic mass is 32.1. The van der Waals surface area contributed by atoms with E-state index in [9.17, 15) is 0 Å². The molecule has 2 N–H and O–H groups in total. The summed E-state index contributed by atoms with van der Waals surface area (Å²) in [5.74, 6) is 0. The van der Waals surface area contributed by atoms with Crippen LogP contribution in [0.1, 0.15) is 4.88 Å². The van der Waals surface area contributed by atoms with Gasteiger partial charge < -0.3 is 10.5 Å². The summed E-state index contributed by atoms with van der Waals surface area (Å²) in [7, 11) is 0. The quantitative estimate of drug-likeness (QED) is 0.897. The molecule has 1 unspecified atom stereocenters. The second-order valence-corrected chi connectivity index (χ2v) is 5.77. The topological polar surface area (TPSA) is 69.2 Å². The van der Waals surface area contributed by atoms with E-state index >= 15 is 0 Å². The first-order valence-electron chi connectivity index (χ1n) is 6.31. The second-order valence-electron chi connectivity index (χ2n) is 4.62. The van der Waals surface area contributed by atoms with Gasteiger partial charge in [-0.05, 0) is 6.07 Å². The van der Waals surface area contributed by atoms with Crippen LogP contribution in [0.2, 0.25) is 0 Å². The molecule has 0 aromatic carbocycles. The van der Waals surface area contributed by atoms with E-state index in [0.29, 0.717) is 5.13 Å². The van der Waals surface area contributed by atoms with Gasteiger partial charge in [0.1, 0.15) is 0 Å². The van der Waals surface area contributed by atoms with Crippen LogP contribution in [-0.4, -0.2) is 45.5 Å². The summed E-state index contributed by atoms with van der Waals surface area (Å²) < 4.78 is 7.70. The zero-order chi connectivity index (χ0) is 13.1. The van der Waals surface area contributed by atoms with Crippen molar-refractivity contribution in [3.63, 3.8) is 0 Å². The zero-order valence-electron chi connectivity index (χ0n) is 10.6. The van der Waals surface area contributed by atoms with Crippen molar-refractivity contribution in [3.05, 3.63) is 29.5 Å². The molecule has 1 saturated heterocycles. The van der Waals surface area contributed by atoms with Crippen molar-refractivity contribution in [2.75, 3.05) is 25.4 Å². The lowest BCUT2D eigenvalue weighted by molar-refractivity contribution is -0.0399. The van der Waals surface area contributed by atoms with E-state index in [2.05, 4.69) is 15.0 Å². The predicted molar refractivity (Wildman–Crippen MR) is 73.8 cm³/mol. The van der Waals surface area contributed by atoms with E-state index in [-0.39, 0.29) is 6.10 Å². The van der Waals surface area contributed by atoms with E-state index in [4.69, 9.17) is 10.5 Å². The van der Waals surface area contributed by atoms with Crippen LogP contribution < -0.4 is 5.73 Å². The fourth-order valence-electron chi connectivity index (χ4n) is 2.27. The first-order valence-corrected chi connectivity index (χ1v) is 7.13. The smallest absolute Gasteiger partial charge is 0.180 e. The molecule has 3 heterocycles. The standard InChI is InChI=1S/C12H17N5OS/c13-12-14-6-11(19-12)9-16-4-5-18-10(7-16)8-17-3-1-2-15-17/h1-3,6,10H,4-5,7-9H2,(H2,13,14). The summed E-state index contributed by atoms with van der Waals surface area (Å²) in [6, 6.07) is 1.93. The average molecular weight is 279 g/mol. The molecule has 1 aliphatic heterocycles. The minimum absolute atomic E-state index is 0.193. The van der Waals surface area contributed by atoms with Gasteiger partial charge >= 0.3 is 0 Å². The summed E-state index contributed by atoms with van der Waals surface area (Å²) in [5, 5.41) is 4.85. The molecule has 0 aliphatic carbocycles. The molecule has 7 heteroatoms. The Morgan fingerprint density at radius 3 is 3.21 bits per heavy atom. The molecule has 0 saturated carbocycles. The van der Waals surface area contributed by atoms with Crippen LogP contribution in [0.4, 0.5) is 5.13 Å². The highest BCUT2D eigenvalue weighted by molar-refractivity contribution is 7.15. The van der Waals surface area contributed by atoms with Crippen LogP contribution in [0.3, 0.4) is 0 Å². The molecule has 1 fully saturated rings. The monoisotopic (exact) mass is 279 g/mol. The number of rotatable bonds is 4. The van der Waals surface area contributed by atoms with Crippen molar-refractivity contribution in [2.45, 2.75) is 19.2 Å². The molecule has 0 spiro atoms. The van der Waals surface area contributed by atoms with E-state index in [1.54, 1.807) is 17.5 Å². The number of nitrogen functional groups attached to an aromatic ring is 1. The fraction of sp³-hybridized carbons (Fsp3) is 0.500. The van der Waals surface area contributed by atoms with Gasteiger partial charge in [0.25, 0.3) is 0 Å². The first kappa shape index (κ1) is 12.6. The summed E-state index contributed by atoms with van der Waals surface area (Å²) in [5.41, 5.74) is 5.65. The van der Waals surface area contributed by atoms with Crippen molar-refractivity contribution in [1.82, 2.24) is 19.7 Å². The third-order valence-corrected chi connectivity index (χ3v) is 3.93. The van der Waals surface area contributed by atoms with Crippen molar-refractivity contribution >= 4 is 16.5 Å². The van der Waals surface area contributed by atoms with Gasteiger partial charge in [-0.3, -0.25) is 9.58 Å². The van der Waals surface area contributed by atoms with Crippen molar-refractivity contribution in [3.8, 4) is 0 Å². The SMILES string of the molecule is Nc1ncc(CN2CCOC(Cn3cccn3)C2)s1. The number of nitrogens with two attached hydrogens (primary N) is 1. The third kappa shape index (κ3) is 3.31. The number of thiazole rings is 1. The number of morpholine rings is 1. The molecule has 0 bridgehead atoms. The Labute approximate surface area is 115 Å². The maximum absolute atomic E-state index is 5.79. The maximum Gasteiger partial charge on any atom is 0.180 e. The van der Waals surface area contributed by atoms with E-state index < -0.39 is 0 Å². The van der Waals surface area contributed by atoms with Gasteiger partial charge in [-0.25, -0.2) is 4.98 Å². The van der Waals surface area contributed by atoms with Gasteiger partial charge in [0, 0.05) is 43.1 Å². The lowest BCUT2D eigenvalue weighted by Crippen LogP contribution is -2.43. The highest BCUT2D eigenvalue weighted by Gasteiger charge is 2.21. The van der Waals surface area contributed by atoms with Gasteiger partial charge in [-0.1, -0.05) is 0 Å². The largest absolute Gasteiger partial charge is 0.375 e. The second kappa shape index (κ2) is 5.68. The van der Waals surface area contributed by atoms with Gasteiger partial charge in [-0.15, -0.1) is 11.3 Å². The Balaban J connectivity index is 1.55. The predicted octanol–water partition coefficient (Wildman–Crippen LogP) is 0.823. The fourth-order valence-corrected chi connectivity index (χ4v) is 2.99. The van der Waals surface area contributed by atoms with Gasteiger partial charge in [0.15, 0.2) is 5.13 Å². The normalized spacial score (nSPS) is 20.7. The molecule has 1 atom stereocenters.